The minimum Gasteiger partial charge on any atom is -0.385 e. The summed E-state index contributed by atoms with van der Waals surface area (Å²) in [5.74, 6) is 6.09. The van der Waals surface area contributed by atoms with Crippen molar-refractivity contribution in [1.29, 1.82) is 0 Å². The van der Waals surface area contributed by atoms with Crippen LogP contribution in [0.3, 0.4) is 0 Å². The molecule has 1 rings (SSSR count). The molecule has 0 saturated heterocycles. The Hall–Kier alpha value is -0.420. The first kappa shape index (κ1) is 12.6. The van der Waals surface area contributed by atoms with Gasteiger partial charge in [-0.15, -0.1) is 0 Å². The van der Waals surface area contributed by atoms with Gasteiger partial charge in [0, 0.05) is 19.8 Å². The lowest BCUT2D eigenvalue weighted by Crippen LogP contribution is -2.33. The molecule has 1 aromatic heterocycles. The third kappa shape index (κ3) is 3.28. The molecule has 2 unspecified atom stereocenters. The highest BCUT2D eigenvalue weighted by atomic mass is 32.1. The van der Waals surface area contributed by atoms with Gasteiger partial charge in [0.15, 0.2) is 0 Å². The maximum Gasteiger partial charge on any atom is 0.0497 e. The van der Waals surface area contributed by atoms with Crippen molar-refractivity contribution < 1.29 is 4.74 Å². The zero-order chi connectivity index (χ0) is 11.3. The smallest absolute Gasteiger partial charge is 0.0497 e. The summed E-state index contributed by atoms with van der Waals surface area (Å²) in [4.78, 5) is 0. The Labute approximate surface area is 95.6 Å². The molecule has 0 radical (unpaired) electrons. The van der Waals surface area contributed by atoms with Crippen LogP contribution in [0.5, 0.6) is 0 Å². The first-order valence-electron chi connectivity index (χ1n) is 5.18. The van der Waals surface area contributed by atoms with E-state index in [0.29, 0.717) is 5.92 Å². The van der Waals surface area contributed by atoms with Gasteiger partial charge < -0.3 is 4.74 Å². The largest absolute Gasteiger partial charge is 0.385 e. The summed E-state index contributed by atoms with van der Waals surface area (Å²) in [6.45, 7) is 5.10. The Balaban J connectivity index is 2.67. The lowest BCUT2D eigenvalue weighted by molar-refractivity contribution is 0.170. The normalized spacial score (nSPS) is 15.2. The van der Waals surface area contributed by atoms with Gasteiger partial charge in [0.2, 0.25) is 0 Å². The Morgan fingerprint density at radius 3 is 2.73 bits per heavy atom. The van der Waals surface area contributed by atoms with Gasteiger partial charge in [-0.05, 0) is 41.1 Å². The van der Waals surface area contributed by atoms with Crippen LogP contribution in [0.4, 0.5) is 0 Å². The molecule has 1 aromatic rings. The van der Waals surface area contributed by atoms with Crippen LogP contribution in [-0.2, 0) is 4.74 Å². The first-order chi connectivity index (χ1) is 7.20. The Morgan fingerprint density at radius 1 is 1.53 bits per heavy atom. The standard InChI is InChI=1S/C11H20N2OS/c1-8(4-5-14-3)11(13-12)10-7-15-6-9(10)2/h6-8,11,13H,4-5,12H2,1-3H3. The fourth-order valence-electron chi connectivity index (χ4n) is 1.72. The topological polar surface area (TPSA) is 47.3 Å². The molecule has 0 aromatic carbocycles. The van der Waals surface area contributed by atoms with Crippen LogP contribution in [0.15, 0.2) is 10.8 Å². The van der Waals surface area contributed by atoms with E-state index in [1.54, 1.807) is 18.4 Å². The van der Waals surface area contributed by atoms with Crippen molar-refractivity contribution in [2.45, 2.75) is 26.3 Å². The van der Waals surface area contributed by atoms with Gasteiger partial charge >= 0.3 is 0 Å². The third-order valence-corrected chi connectivity index (χ3v) is 3.64. The molecule has 86 valence electrons. The number of rotatable bonds is 6. The lowest BCUT2D eigenvalue weighted by atomic mass is 9.92. The van der Waals surface area contributed by atoms with Crippen molar-refractivity contribution in [3.8, 4) is 0 Å². The van der Waals surface area contributed by atoms with Crippen molar-refractivity contribution in [2.24, 2.45) is 11.8 Å². The van der Waals surface area contributed by atoms with Crippen molar-refractivity contribution in [3.05, 3.63) is 21.9 Å². The number of hydrogen-bond donors (Lipinski definition) is 2. The number of thiophene rings is 1. The van der Waals surface area contributed by atoms with Gasteiger partial charge in [-0.1, -0.05) is 6.92 Å². The molecule has 0 spiro atoms. The first-order valence-corrected chi connectivity index (χ1v) is 6.12. The molecule has 0 aliphatic heterocycles. The summed E-state index contributed by atoms with van der Waals surface area (Å²) in [6.07, 6.45) is 1.01. The number of hydrazine groups is 1. The van der Waals surface area contributed by atoms with E-state index in [-0.39, 0.29) is 6.04 Å². The Kier molecular flexibility index (Phi) is 5.25. The van der Waals surface area contributed by atoms with Crippen LogP contribution in [0.1, 0.15) is 30.5 Å². The zero-order valence-electron chi connectivity index (χ0n) is 9.62. The van der Waals surface area contributed by atoms with Crippen LogP contribution in [0.25, 0.3) is 0 Å². The molecule has 0 amide bonds. The summed E-state index contributed by atoms with van der Waals surface area (Å²) in [6, 6.07) is 0.228. The molecule has 0 saturated carbocycles. The summed E-state index contributed by atoms with van der Waals surface area (Å²) in [5.41, 5.74) is 5.53. The van der Waals surface area contributed by atoms with Crippen LogP contribution >= 0.6 is 11.3 Å². The molecule has 0 aliphatic rings. The van der Waals surface area contributed by atoms with E-state index in [4.69, 9.17) is 10.6 Å². The van der Waals surface area contributed by atoms with Gasteiger partial charge in [-0.25, -0.2) is 0 Å². The Bertz CT molecular complexity index is 288. The van der Waals surface area contributed by atoms with Crippen molar-refractivity contribution in [2.75, 3.05) is 13.7 Å². The quantitative estimate of drug-likeness (QED) is 0.580. The van der Waals surface area contributed by atoms with E-state index in [0.717, 1.165) is 13.0 Å². The van der Waals surface area contributed by atoms with Gasteiger partial charge in [0.25, 0.3) is 0 Å². The molecule has 0 bridgehead atoms. The summed E-state index contributed by atoms with van der Waals surface area (Å²) >= 11 is 1.72. The molecular formula is C11H20N2OS. The second kappa shape index (κ2) is 6.23. The molecule has 2 atom stereocenters. The van der Waals surface area contributed by atoms with Gasteiger partial charge in [0.1, 0.15) is 0 Å². The zero-order valence-corrected chi connectivity index (χ0v) is 10.4. The van der Waals surface area contributed by atoms with Crippen LogP contribution in [0, 0.1) is 12.8 Å². The van der Waals surface area contributed by atoms with Crippen LogP contribution in [-0.4, -0.2) is 13.7 Å². The van der Waals surface area contributed by atoms with E-state index < -0.39 is 0 Å². The number of hydrogen-bond acceptors (Lipinski definition) is 4. The van der Waals surface area contributed by atoms with E-state index in [1.165, 1.54) is 11.1 Å². The number of ether oxygens (including phenoxy) is 1. The summed E-state index contributed by atoms with van der Waals surface area (Å²) < 4.78 is 5.09. The average molecular weight is 228 g/mol. The number of nitrogens with two attached hydrogens (primary N) is 1. The molecule has 1 heterocycles. The molecule has 3 N–H and O–H groups in total. The molecule has 0 aliphatic carbocycles. The second-order valence-electron chi connectivity index (χ2n) is 3.91. The van der Waals surface area contributed by atoms with Crippen molar-refractivity contribution >= 4 is 11.3 Å². The predicted octanol–water partition coefficient (Wildman–Crippen LogP) is 2.23. The third-order valence-electron chi connectivity index (χ3n) is 2.76. The lowest BCUT2D eigenvalue weighted by Gasteiger charge is -2.23. The highest BCUT2D eigenvalue weighted by molar-refractivity contribution is 7.08. The highest BCUT2D eigenvalue weighted by Gasteiger charge is 2.19. The van der Waals surface area contributed by atoms with E-state index in [9.17, 15) is 0 Å². The molecule has 3 nitrogen and oxygen atoms in total. The fourth-order valence-corrected chi connectivity index (χ4v) is 2.61. The summed E-state index contributed by atoms with van der Waals surface area (Å²) in [7, 11) is 1.73. The van der Waals surface area contributed by atoms with Crippen molar-refractivity contribution in [1.82, 2.24) is 5.43 Å². The monoisotopic (exact) mass is 228 g/mol. The fraction of sp³-hybridized carbons (Fsp3) is 0.636. The molecular weight excluding hydrogens is 208 g/mol. The minimum absolute atomic E-state index is 0.228. The van der Waals surface area contributed by atoms with Crippen LogP contribution < -0.4 is 11.3 Å². The molecule has 0 fully saturated rings. The number of methoxy groups -OCH3 is 1. The SMILES string of the molecule is COCCC(C)C(NN)c1cscc1C. The van der Waals surface area contributed by atoms with Gasteiger partial charge in [-0.3, -0.25) is 11.3 Å². The average Bonchev–Trinajstić information content (AvgIpc) is 2.63. The van der Waals surface area contributed by atoms with Gasteiger partial charge in [-0.2, -0.15) is 11.3 Å². The van der Waals surface area contributed by atoms with E-state index in [1.807, 2.05) is 0 Å². The van der Waals surface area contributed by atoms with Crippen LogP contribution in [0.2, 0.25) is 0 Å². The maximum atomic E-state index is 5.62. The van der Waals surface area contributed by atoms with Gasteiger partial charge in [0.05, 0.1) is 0 Å². The van der Waals surface area contributed by atoms with E-state index in [2.05, 4.69) is 30.0 Å². The number of nitrogens with one attached hydrogen (secondary N) is 1. The minimum atomic E-state index is 0.228. The molecule has 4 heteroatoms. The highest BCUT2D eigenvalue weighted by Crippen LogP contribution is 2.28. The predicted molar refractivity (Wildman–Crippen MR) is 64.8 cm³/mol. The van der Waals surface area contributed by atoms with E-state index >= 15 is 0 Å². The maximum absolute atomic E-state index is 5.62. The second-order valence-corrected chi connectivity index (χ2v) is 4.66. The summed E-state index contributed by atoms with van der Waals surface area (Å²) in [5, 5.41) is 4.33. The molecule has 15 heavy (non-hydrogen) atoms. The van der Waals surface area contributed by atoms with Crippen molar-refractivity contribution in [3.63, 3.8) is 0 Å². The number of aryl methyl sites for hydroxylation is 1. The Morgan fingerprint density at radius 2 is 2.27 bits per heavy atom.